The van der Waals surface area contributed by atoms with E-state index < -0.39 is 17.9 Å². The summed E-state index contributed by atoms with van der Waals surface area (Å²) in [5.74, 6) is 1.19. The summed E-state index contributed by atoms with van der Waals surface area (Å²) in [6, 6.07) is 27.0. The highest BCUT2D eigenvalue weighted by molar-refractivity contribution is 6.02. The van der Waals surface area contributed by atoms with Crippen molar-refractivity contribution in [3.63, 3.8) is 0 Å². The lowest BCUT2D eigenvalue weighted by Crippen LogP contribution is -2.49. The van der Waals surface area contributed by atoms with Gasteiger partial charge in [0.1, 0.15) is 29.2 Å². The van der Waals surface area contributed by atoms with E-state index >= 15 is 0 Å². The van der Waals surface area contributed by atoms with Gasteiger partial charge in [0.25, 0.3) is 5.91 Å². The molecule has 4 aromatic rings. The van der Waals surface area contributed by atoms with E-state index in [0.29, 0.717) is 36.8 Å². The Morgan fingerprint density at radius 3 is 2.35 bits per heavy atom. The Hall–Kier alpha value is -4.93. The van der Waals surface area contributed by atoms with Crippen LogP contribution < -0.4 is 20.1 Å². The fraction of sp³-hybridized carbons (Fsp3) is 0.278. The molecular formula is C36H39FN4O5. The summed E-state index contributed by atoms with van der Waals surface area (Å²) >= 11 is 0. The number of amides is 3. The molecule has 10 heteroatoms. The topological polar surface area (TPSA) is 103 Å². The van der Waals surface area contributed by atoms with Crippen LogP contribution in [-0.4, -0.2) is 65.7 Å². The van der Waals surface area contributed by atoms with Crippen molar-refractivity contribution in [3.8, 4) is 17.2 Å². The maximum atomic E-state index is 13.8. The fourth-order valence-electron chi connectivity index (χ4n) is 5.32. The number of carbonyl (C=O) groups is 2. The minimum Gasteiger partial charge on any atom is -0.488 e. The van der Waals surface area contributed by atoms with Gasteiger partial charge in [-0.25, -0.2) is 9.18 Å². The van der Waals surface area contributed by atoms with Gasteiger partial charge in [-0.15, -0.1) is 0 Å². The predicted octanol–water partition coefficient (Wildman–Crippen LogP) is 6.61. The van der Waals surface area contributed by atoms with E-state index in [0.717, 1.165) is 17.1 Å². The Kier molecular flexibility index (Phi) is 10.5. The number of hydrogen-bond donors (Lipinski definition) is 3. The van der Waals surface area contributed by atoms with Gasteiger partial charge in [0.15, 0.2) is 0 Å². The minimum atomic E-state index is -0.542. The van der Waals surface area contributed by atoms with Crippen LogP contribution in [0.4, 0.5) is 20.6 Å². The first-order valence-electron chi connectivity index (χ1n) is 15.2. The molecule has 0 fully saturated rings. The molecule has 3 amide bonds. The number of aliphatic hydroxyl groups is 1. The number of carbonyl (C=O) groups excluding carboxylic acids is 2. The summed E-state index contributed by atoms with van der Waals surface area (Å²) in [4.78, 5) is 30.2. The number of nitrogens with one attached hydrogen (secondary N) is 2. The standard InChI is InChI=1S/C36H39FN4O5/c1-24-20-41(25(2)23-42)35(43)32-19-29(39-36(44)38-28-13-11-27(37)12-14-28)15-18-33(32)46-34(24)22-40(3)21-26-9-16-31(17-10-26)45-30-7-5-4-6-8-30/h4-19,24-25,34,42H,20-23H2,1-3H3,(H2,38,39,44)/t24-,25-,34-/m0/s1. The molecule has 1 heterocycles. The zero-order chi connectivity index (χ0) is 32.6. The molecule has 0 radical (unpaired) electrons. The molecule has 0 unspecified atom stereocenters. The molecule has 5 rings (SSSR count). The second kappa shape index (κ2) is 14.9. The first-order chi connectivity index (χ1) is 22.2. The average molecular weight is 627 g/mol. The lowest BCUT2D eigenvalue weighted by atomic mass is 9.99. The van der Waals surface area contributed by atoms with Gasteiger partial charge < -0.3 is 30.1 Å². The van der Waals surface area contributed by atoms with Crippen LogP contribution in [0.25, 0.3) is 0 Å². The van der Waals surface area contributed by atoms with E-state index in [-0.39, 0.29) is 30.1 Å². The number of rotatable bonds is 10. The third-order valence-electron chi connectivity index (χ3n) is 7.87. The van der Waals surface area contributed by atoms with Crippen molar-refractivity contribution in [2.45, 2.75) is 32.5 Å². The summed E-state index contributed by atoms with van der Waals surface area (Å²) in [5, 5.41) is 15.4. The zero-order valence-electron chi connectivity index (χ0n) is 26.2. The number of benzene rings is 4. The molecule has 240 valence electrons. The lowest BCUT2D eigenvalue weighted by Gasteiger charge is -2.38. The van der Waals surface area contributed by atoms with E-state index in [2.05, 4.69) is 15.5 Å². The highest BCUT2D eigenvalue weighted by Crippen LogP contribution is 2.31. The Balaban J connectivity index is 1.29. The van der Waals surface area contributed by atoms with Crippen molar-refractivity contribution >= 4 is 23.3 Å². The number of ether oxygens (including phenoxy) is 2. The fourth-order valence-corrected chi connectivity index (χ4v) is 5.32. The van der Waals surface area contributed by atoms with Crippen LogP contribution in [0.2, 0.25) is 0 Å². The lowest BCUT2D eigenvalue weighted by molar-refractivity contribution is 0.0341. The van der Waals surface area contributed by atoms with Crippen molar-refractivity contribution in [1.82, 2.24) is 9.80 Å². The summed E-state index contributed by atoms with van der Waals surface area (Å²) in [6.45, 7) is 5.29. The highest BCUT2D eigenvalue weighted by Gasteiger charge is 2.33. The molecule has 9 nitrogen and oxygen atoms in total. The van der Waals surface area contributed by atoms with Crippen molar-refractivity contribution in [1.29, 1.82) is 0 Å². The van der Waals surface area contributed by atoms with Gasteiger partial charge in [0.2, 0.25) is 0 Å². The van der Waals surface area contributed by atoms with Crippen LogP contribution in [0.1, 0.15) is 29.8 Å². The Labute approximate surface area is 268 Å². The Bertz CT molecular complexity index is 1620. The largest absolute Gasteiger partial charge is 0.488 e. The van der Waals surface area contributed by atoms with Crippen molar-refractivity contribution in [3.05, 3.63) is 114 Å². The third kappa shape index (κ3) is 8.41. The van der Waals surface area contributed by atoms with Gasteiger partial charge in [-0.1, -0.05) is 37.3 Å². The van der Waals surface area contributed by atoms with E-state index in [1.54, 1.807) is 30.0 Å². The number of hydrogen-bond acceptors (Lipinski definition) is 6. The van der Waals surface area contributed by atoms with Crippen LogP contribution in [0.3, 0.4) is 0 Å². The number of anilines is 2. The summed E-state index contributed by atoms with van der Waals surface area (Å²) in [6.07, 6.45) is -0.272. The molecule has 3 atom stereocenters. The van der Waals surface area contributed by atoms with Crippen LogP contribution in [0, 0.1) is 11.7 Å². The number of nitrogens with zero attached hydrogens (tertiary/aromatic N) is 2. The van der Waals surface area contributed by atoms with Crippen LogP contribution in [0.15, 0.2) is 97.1 Å². The molecule has 3 N–H and O–H groups in total. The number of urea groups is 1. The van der Waals surface area contributed by atoms with Crippen LogP contribution >= 0.6 is 0 Å². The predicted molar refractivity (Wildman–Crippen MR) is 176 cm³/mol. The molecule has 0 aromatic heterocycles. The SMILES string of the molecule is C[C@H]1CN([C@@H](C)CO)C(=O)c2cc(NC(=O)Nc3ccc(F)cc3)ccc2O[C@H]1CN(C)Cc1ccc(Oc2ccccc2)cc1. The minimum absolute atomic E-state index is 0.0468. The van der Waals surface area contributed by atoms with Crippen molar-refractivity contribution in [2.24, 2.45) is 5.92 Å². The van der Waals surface area contributed by atoms with Gasteiger partial charge >= 0.3 is 6.03 Å². The van der Waals surface area contributed by atoms with E-state index in [1.165, 1.54) is 24.3 Å². The maximum Gasteiger partial charge on any atom is 0.323 e. The van der Waals surface area contributed by atoms with Gasteiger partial charge in [0, 0.05) is 36.9 Å². The Morgan fingerprint density at radius 2 is 1.65 bits per heavy atom. The quantitative estimate of drug-likeness (QED) is 0.183. The first kappa shape index (κ1) is 32.5. The summed E-state index contributed by atoms with van der Waals surface area (Å²) in [5.41, 5.74) is 2.20. The first-order valence-corrected chi connectivity index (χ1v) is 15.2. The monoisotopic (exact) mass is 626 g/mol. The third-order valence-corrected chi connectivity index (χ3v) is 7.87. The summed E-state index contributed by atoms with van der Waals surface area (Å²) in [7, 11) is 2.02. The number of halogens is 1. The van der Waals surface area contributed by atoms with Gasteiger partial charge in [-0.2, -0.15) is 0 Å². The number of fused-ring (bicyclic) bond motifs is 1. The van der Waals surface area contributed by atoms with Gasteiger partial charge in [-0.05, 0) is 86.3 Å². The maximum absolute atomic E-state index is 13.8. The Morgan fingerprint density at radius 1 is 1.00 bits per heavy atom. The molecule has 0 aliphatic carbocycles. The number of likely N-dealkylation sites (N-methyl/N-ethyl adjacent to an activating group) is 1. The molecule has 4 aromatic carbocycles. The number of aliphatic hydroxyl groups excluding tert-OH is 1. The van der Waals surface area contributed by atoms with Gasteiger partial charge in [-0.3, -0.25) is 9.69 Å². The molecule has 46 heavy (non-hydrogen) atoms. The molecule has 0 saturated carbocycles. The average Bonchev–Trinajstić information content (AvgIpc) is 3.05. The van der Waals surface area contributed by atoms with Crippen molar-refractivity contribution < 1.29 is 28.6 Å². The van der Waals surface area contributed by atoms with E-state index in [9.17, 15) is 19.1 Å². The van der Waals surface area contributed by atoms with E-state index in [4.69, 9.17) is 9.47 Å². The molecule has 0 saturated heterocycles. The molecule has 1 aliphatic rings. The van der Waals surface area contributed by atoms with Crippen molar-refractivity contribution in [2.75, 3.05) is 37.4 Å². The molecule has 1 aliphatic heterocycles. The van der Waals surface area contributed by atoms with Gasteiger partial charge in [0.05, 0.1) is 18.2 Å². The zero-order valence-corrected chi connectivity index (χ0v) is 26.2. The second-order valence-electron chi connectivity index (χ2n) is 11.7. The van der Waals surface area contributed by atoms with Crippen LogP contribution in [0.5, 0.6) is 17.2 Å². The smallest absolute Gasteiger partial charge is 0.323 e. The molecular weight excluding hydrogens is 587 g/mol. The number of para-hydroxylation sites is 1. The molecule has 0 bridgehead atoms. The summed E-state index contributed by atoms with van der Waals surface area (Å²) < 4.78 is 25.7. The van der Waals surface area contributed by atoms with E-state index in [1.807, 2.05) is 68.6 Å². The van der Waals surface area contributed by atoms with Crippen LogP contribution in [-0.2, 0) is 6.54 Å². The highest BCUT2D eigenvalue weighted by atomic mass is 19.1. The second-order valence-corrected chi connectivity index (χ2v) is 11.7. The normalized spacial score (nSPS) is 16.9. The molecule has 0 spiro atoms.